The van der Waals surface area contributed by atoms with Gasteiger partial charge in [-0.2, -0.15) is 8.78 Å². The summed E-state index contributed by atoms with van der Waals surface area (Å²) < 4.78 is 65.8. The average Bonchev–Trinajstić information content (AvgIpc) is 3.76. The zero-order chi connectivity index (χ0) is 32.8. The van der Waals surface area contributed by atoms with Crippen molar-refractivity contribution in [2.45, 2.75) is 37.6 Å². The first kappa shape index (κ1) is 32.5. The summed E-state index contributed by atoms with van der Waals surface area (Å²) >= 11 is 12.9. The van der Waals surface area contributed by atoms with Crippen molar-refractivity contribution < 1.29 is 41.9 Å². The summed E-state index contributed by atoms with van der Waals surface area (Å²) in [6.45, 7) is -1.44. The smallest absolute Gasteiger partial charge is 0.382 e. The molecule has 3 aliphatic rings. The number of benzene rings is 1. The van der Waals surface area contributed by atoms with Gasteiger partial charge in [0.1, 0.15) is 47.0 Å². The quantitative estimate of drug-likeness (QED) is 0.170. The SMILES string of the molecule is COC1=CC(C(=O)NC[C@H](c2nc(-c3cc(Cl)c(F)cc3F)c3c(c2Cl)[C@@](C)(C(N)=O)CO3)C2CC2)=C/C(=C/[NH2+]C(F)F)C1=N. The highest BCUT2D eigenvalue weighted by molar-refractivity contribution is 6.33. The van der Waals surface area contributed by atoms with Crippen molar-refractivity contribution in [1.82, 2.24) is 10.3 Å². The first-order chi connectivity index (χ1) is 21.3. The number of nitrogens with one attached hydrogen (secondary N) is 2. The number of pyridine rings is 1. The molecule has 2 aliphatic carbocycles. The number of alkyl halides is 2. The van der Waals surface area contributed by atoms with E-state index in [2.05, 4.69) is 10.3 Å². The number of ether oxygens (including phenoxy) is 2. The predicted molar refractivity (Wildman–Crippen MR) is 157 cm³/mol. The molecule has 1 aliphatic heterocycles. The molecule has 0 saturated heterocycles. The van der Waals surface area contributed by atoms with Crippen LogP contribution in [0.25, 0.3) is 11.3 Å². The summed E-state index contributed by atoms with van der Waals surface area (Å²) in [5.74, 6) is -3.80. The van der Waals surface area contributed by atoms with Gasteiger partial charge in [0, 0.05) is 35.2 Å². The molecule has 1 fully saturated rings. The van der Waals surface area contributed by atoms with Crippen LogP contribution in [0.3, 0.4) is 0 Å². The number of allylic oxidation sites excluding steroid dienone is 2. The lowest BCUT2D eigenvalue weighted by atomic mass is 9.81. The summed E-state index contributed by atoms with van der Waals surface area (Å²) in [5, 5.41) is 11.3. The molecule has 1 aromatic carbocycles. The molecule has 45 heavy (non-hydrogen) atoms. The number of halogens is 6. The molecule has 9 nitrogen and oxygen atoms in total. The molecular weight excluding hydrogens is 641 g/mol. The maximum atomic E-state index is 15.2. The fourth-order valence-corrected chi connectivity index (χ4v) is 5.98. The Hall–Kier alpha value is -3.94. The van der Waals surface area contributed by atoms with Crippen molar-refractivity contribution >= 4 is 40.7 Å². The minimum atomic E-state index is -2.76. The average molecular weight is 669 g/mol. The lowest BCUT2D eigenvalue weighted by Gasteiger charge is -2.25. The number of hydrogen-bond acceptors (Lipinski definition) is 6. The fraction of sp³-hybridized carbons (Fsp3) is 0.333. The largest absolute Gasteiger partial charge is 0.494 e. The van der Waals surface area contributed by atoms with Crippen molar-refractivity contribution in [3.8, 4) is 17.0 Å². The van der Waals surface area contributed by atoms with E-state index in [9.17, 15) is 22.8 Å². The second kappa shape index (κ2) is 12.5. The van der Waals surface area contributed by atoms with E-state index in [0.717, 1.165) is 25.1 Å². The zero-order valence-corrected chi connectivity index (χ0v) is 25.5. The van der Waals surface area contributed by atoms with Crippen molar-refractivity contribution in [3.63, 3.8) is 0 Å². The Morgan fingerprint density at radius 3 is 2.60 bits per heavy atom. The summed E-state index contributed by atoms with van der Waals surface area (Å²) in [4.78, 5) is 30.6. The predicted octanol–water partition coefficient (Wildman–Crippen LogP) is 4.24. The van der Waals surface area contributed by atoms with Gasteiger partial charge >= 0.3 is 6.55 Å². The highest BCUT2D eigenvalue weighted by Crippen LogP contribution is 2.52. The molecule has 15 heteroatoms. The molecule has 5 rings (SSSR count). The standard InChI is InChI=1S/C30H27Cl2F4N5O4/c1-30(28(38)43)11-45-26-21(30)22(32)24(41-25(26)15-7-17(31)19(34)8-18(15)33)16(12-3-4-12)10-39-27(42)13-5-14(9-40-29(35)36)23(37)20(6-13)44-2/h5-9,12,16,29,37,40H,3-4,10-11H2,1-2H3,(H2,38,43)(H,39,42)/p+1/b14-9-,37-23?/t16-,30-/m0/s1. The normalized spacial score (nSPS) is 20.8. The van der Waals surface area contributed by atoms with Gasteiger partial charge in [-0.05, 0) is 43.9 Å². The molecule has 1 aromatic heterocycles. The van der Waals surface area contributed by atoms with E-state index in [1.54, 1.807) is 0 Å². The van der Waals surface area contributed by atoms with Crippen LogP contribution in [0.4, 0.5) is 17.6 Å². The van der Waals surface area contributed by atoms with Gasteiger partial charge < -0.3 is 20.5 Å². The van der Waals surface area contributed by atoms with Gasteiger partial charge in [-0.1, -0.05) is 23.2 Å². The number of hydrogen-bond donors (Lipinski definition) is 4. The van der Waals surface area contributed by atoms with Crippen LogP contribution < -0.4 is 21.1 Å². The Labute approximate surface area is 264 Å². The number of carbonyl (C=O) groups is 2. The Morgan fingerprint density at radius 1 is 1.27 bits per heavy atom. The highest BCUT2D eigenvalue weighted by atomic mass is 35.5. The number of nitrogens with two attached hydrogens (primary N) is 2. The number of aromatic nitrogens is 1. The number of methoxy groups -OCH3 is 1. The molecular formula is C30H28Cl2F4N5O4+. The molecule has 238 valence electrons. The van der Waals surface area contributed by atoms with E-state index in [1.807, 2.05) is 0 Å². The second-order valence-electron chi connectivity index (χ2n) is 11.1. The van der Waals surface area contributed by atoms with Crippen molar-refractivity contribution in [3.05, 3.63) is 80.3 Å². The number of primary amides is 1. The van der Waals surface area contributed by atoms with Crippen LogP contribution in [-0.2, 0) is 19.7 Å². The third-order valence-electron chi connectivity index (χ3n) is 8.05. The van der Waals surface area contributed by atoms with Gasteiger partial charge in [0.05, 0.1) is 28.4 Å². The summed E-state index contributed by atoms with van der Waals surface area (Å²) in [7, 11) is 1.29. The van der Waals surface area contributed by atoms with Gasteiger partial charge in [-0.25, -0.2) is 13.8 Å². The lowest BCUT2D eigenvalue weighted by Crippen LogP contribution is -2.82. The Balaban J connectivity index is 1.55. The molecule has 0 unspecified atom stereocenters. The molecule has 0 radical (unpaired) electrons. The number of nitrogens with zero attached hydrogens (tertiary/aromatic N) is 1. The zero-order valence-electron chi connectivity index (χ0n) is 23.9. The van der Waals surface area contributed by atoms with Crippen molar-refractivity contribution in [2.75, 3.05) is 20.3 Å². The monoisotopic (exact) mass is 668 g/mol. The van der Waals surface area contributed by atoms with Gasteiger partial charge in [0.15, 0.2) is 5.75 Å². The fourth-order valence-electron chi connectivity index (χ4n) is 5.34. The number of quaternary nitrogens is 1. The van der Waals surface area contributed by atoms with E-state index in [-0.39, 0.29) is 80.0 Å². The topological polar surface area (TPSA) is 144 Å². The molecule has 0 spiro atoms. The molecule has 1 saturated carbocycles. The maximum absolute atomic E-state index is 15.2. The number of fused-ring (bicyclic) bond motifs is 1. The number of carbonyl (C=O) groups excluding carboxylic acids is 2. The van der Waals surface area contributed by atoms with Crippen LogP contribution in [0.5, 0.6) is 5.75 Å². The summed E-state index contributed by atoms with van der Waals surface area (Å²) in [6.07, 6.45) is 5.16. The minimum absolute atomic E-state index is 0.000279. The minimum Gasteiger partial charge on any atom is -0.494 e. The summed E-state index contributed by atoms with van der Waals surface area (Å²) in [6, 6.07) is 1.68. The van der Waals surface area contributed by atoms with Crippen LogP contribution in [0.2, 0.25) is 10.0 Å². The summed E-state index contributed by atoms with van der Waals surface area (Å²) in [5.41, 5.74) is 4.47. The Morgan fingerprint density at radius 2 is 1.98 bits per heavy atom. The maximum Gasteiger partial charge on any atom is 0.382 e. The molecule has 6 N–H and O–H groups in total. The molecule has 2 amide bonds. The third kappa shape index (κ3) is 6.16. The van der Waals surface area contributed by atoms with E-state index < -0.39 is 41.3 Å². The van der Waals surface area contributed by atoms with Gasteiger partial charge in [0.25, 0.3) is 5.91 Å². The van der Waals surface area contributed by atoms with Crippen LogP contribution in [0.1, 0.15) is 36.9 Å². The number of rotatable bonds is 10. The third-order valence-corrected chi connectivity index (χ3v) is 8.72. The molecule has 2 atom stereocenters. The Kier molecular flexibility index (Phi) is 8.98. The van der Waals surface area contributed by atoms with Crippen LogP contribution in [0.15, 0.2) is 47.4 Å². The van der Waals surface area contributed by atoms with Gasteiger partial charge in [0.2, 0.25) is 5.91 Å². The first-order valence-corrected chi connectivity index (χ1v) is 14.5. The van der Waals surface area contributed by atoms with Gasteiger partial charge in [-0.3, -0.25) is 20.3 Å². The van der Waals surface area contributed by atoms with Crippen LogP contribution in [-0.4, -0.2) is 49.3 Å². The first-order valence-electron chi connectivity index (χ1n) is 13.8. The number of amides is 2. The van der Waals surface area contributed by atoms with Crippen molar-refractivity contribution in [2.24, 2.45) is 11.7 Å². The van der Waals surface area contributed by atoms with Gasteiger partial charge in [-0.15, -0.1) is 0 Å². The lowest BCUT2D eigenvalue weighted by molar-refractivity contribution is -0.681. The molecule has 0 bridgehead atoms. The van der Waals surface area contributed by atoms with E-state index in [1.165, 1.54) is 26.2 Å². The Bertz CT molecular complexity index is 1710. The van der Waals surface area contributed by atoms with E-state index in [4.69, 9.17) is 43.8 Å². The van der Waals surface area contributed by atoms with E-state index >= 15 is 4.39 Å². The molecule has 2 aromatic rings. The molecule has 2 heterocycles. The highest BCUT2D eigenvalue weighted by Gasteiger charge is 2.48. The van der Waals surface area contributed by atoms with Crippen LogP contribution >= 0.6 is 23.2 Å². The second-order valence-corrected chi connectivity index (χ2v) is 11.9. The van der Waals surface area contributed by atoms with E-state index in [0.29, 0.717) is 11.4 Å². The van der Waals surface area contributed by atoms with Crippen molar-refractivity contribution in [1.29, 1.82) is 5.41 Å². The van der Waals surface area contributed by atoms with Crippen LogP contribution in [0, 0.1) is 23.0 Å².